The number of hydrogen-bond donors (Lipinski definition) is 3. The first-order chi connectivity index (χ1) is 16.5. The van der Waals surface area contributed by atoms with Gasteiger partial charge >= 0.3 is 6.18 Å². The van der Waals surface area contributed by atoms with Crippen molar-refractivity contribution < 1.29 is 32.5 Å². The number of fused-ring (bicyclic) bond motifs is 1. The predicted octanol–water partition coefficient (Wildman–Crippen LogP) is 4.75. The van der Waals surface area contributed by atoms with Crippen molar-refractivity contribution in [1.29, 1.82) is 0 Å². The molecule has 4 aromatic rings. The van der Waals surface area contributed by atoms with Crippen LogP contribution >= 0.6 is 11.6 Å². The van der Waals surface area contributed by atoms with Crippen molar-refractivity contribution in [2.24, 2.45) is 0 Å². The Kier molecular flexibility index (Phi) is 6.76. The molecule has 0 bridgehead atoms. The summed E-state index contributed by atoms with van der Waals surface area (Å²) in [6.45, 7) is 0.828. The molecule has 0 saturated carbocycles. The summed E-state index contributed by atoms with van der Waals surface area (Å²) in [7, 11) is 1.43. The highest BCUT2D eigenvalue weighted by Crippen LogP contribution is 2.42. The lowest BCUT2D eigenvalue weighted by atomic mass is 9.91. The monoisotopic (exact) mass is 512 g/mol. The molecule has 0 amide bonds. The second-order valence-corrected chi connectivity index (χ2v) is 8.39. The van der Waals surface area contributed by atoms with E-state index in [1.165, 1.54) is 31.5 Å². The predicted molar refractivity (Wildman–Crippen MR) is 121 cm³/mol. The summed E-state index contributed by atoms with van der Waals surface area (Å²) in [4.78, 5) is 7.24. The van der Waals surface area contributed by atoms with Gasteiger partial charge in [-0.3, -0.25) is 4.68 Å². The van der Waals surface area contributed by atoms with E-state index in [1.54, 1.807) is 13.1 Å². The molecule has 7 nitrogen and oxygen atoms in total. The van der Waals surface area contributed by atoms with Gasteiger partial charge in [0.25, 0.3) is 0 Å². The summed E-state index contributed by atoms with van der Waals surface area (Å²) >= 11 is 6.24. The van der Waals surface area contributed by atoms with E-state index < -0.39 is 36.3 Å². The number of nitrogens with zero attached hydrogens (tertiary/aromatic N) is 3. The standard InChI is InChI=1S/C23H21ClF4N4O3/c1-11(19-18(35-2)4-3-17(25)20(19)24)15-7-30-22-14(15)5-12(6-29-22)16-9-32(8-13(34)10-33)31-21(16)23(26,27)28/h3-7,9,11,13,33-34H,8,10H2,1-2H3,(H,29,30)/t11-,13?/m0/s1. The second-order valence-electron chi connectivity index (χ2n) is 8.01. The number of hydrogen-bond acceptors (Lipinski definition) is 5. The fraction of sp³-hybridized carbons (Fsp3) is 0.304. The minimum Gasteiger partial charge on any atom is -0.496 e. The number of aliphatic hydroxyl groups excluding tert-OH is 2. The van der Waals surface area contributed by atoms with Gasteiger partial charge in [-0.15, -0.1) is 0 Å². The highest BCUT2D eigenvalue weighted by atomic mass is 35.5. The van der Waals surface area contributed by atoms with Crippen molar-refractivity contribution in [1.82, 2.24) is 19.7 Å². The number of pyridine rings is 1. The Balaban J connectivity index is 1.84. The van der Waals surface area contributed by atoms with Crippen LogP contribution in [0.1, 0.15) is 29.7 Å². The van der Waals surface area contributed by atoms with Crippen LogP contribution in [0.3, 0.4) is 0 Å². The van der Waals surface area contributed by atoms with Crippen molar-refractivity contribution in [2.75, 3.05) is 13.7 Å². The van der Waals surface area contributed by atoms with E-state index in [9.17, 15) is 22.7 Å². The summed E-state index contributed by atoms with van der Waals surface area (Å²) < 4.78 is 61.7. The quantitative estimate of drug-likeness (QED) is 0.311. The van der Waals surface area contributed by atoms with Crippen LogP contribution in [0.25, 0.3) is 22.2 Å². The second kappa shape index (κ2) is 9.48. The maximum atomic E-state index is 14.2. The number of nitrogens with one attached hydrogen (secondary N) is 1. The summed E-state index contributed by atoms with van der Waals surface area (Å²) in [6.07, 6.45) is -1.98. The molecule has 2 atom stereocenters. The van der Waals surface area contributed by atoms with Crippen LogP contribution in [0.15, 0.2) is 36.8 Å². The zero-order chi connectivity index (χ0) is 25.5. The molecule has 0 aliphatic carbocycles. The van der Waals surface area contributed by atoms with E-state index >= 15 is 0 Å². The molecular weight excluding hydrogens is 492 g/mol. The van der Waals surface area contributed by atoms with E-state index in [-0.39, 0.29) is 22.7 Å². The van der Waals surface area contributed by atoms with Gasteiger partial charge in [-0.05, 0) is 23.8 Å². The van der Waals surface area contributed by atoms with Crippen LogP contribution in [0.2, 0.25) is 5.02 Å². The van der Waals surface area contributed by atoms with Gasteiger partial charge in [0.05, 0.1) is 31.4 Å². The molecule has 0 fully saturated rings. The van der Waals surface area contributed by atoms with E-state index in [4.69, 9.17) is 21.4 Å². The fourth-order valence-electron chi connectivity index (χ4n) is 4.02. The normalized spacial score (nSPS) is 13.9. The SMILES string of the molecule is COc1ccc(F)c(Cl)c1[C@@H](C)c1c[nH]c2ncc(-c3cn(CC(O)CO)nc3C(F)(F)F)cc12. The molecule has 3 heterocycles. The molecule has 0 saturated heterocycles. The number of methoxy groups -OCH3 is 1. The fourth-order valence-corrected chi connectivity index (χ4v) is 4.34. The maximum Gasteiger partial charge on any atom is 0.435 e. The number of rotatable bonds is 7. The lowest BCUT2D eigenvalue weighted by molar-refractivity contribution is -0.141. The van der Waals surface area contributed by atoms with Gasteiger partial charge in [-0.25, -0.2) is 9.37 Å². The molecule has 3 aromatic heterocycles. The van der Waals surface area contributed by atoms with Gasteiger partial charge < -0.3 is 19.9 Å². The van der Waals surface area contributed by atoms with E-state index in [0.717, 1.165) is 10.9 Å². The zero-order valence-electron chi connectivity index (χ0n) is 18.6. The molecule has 1 aromatic carbocycles. The Labute approximate surface area is 201 Å². The number of ether oxygens (including phenoxy) is 1. The van der Waals surface area contributed by atoms with Gasteiger partial charge in [0, 0.05) is 46.6 Å². The van der Waals surface area contributed by atoms with Gasteiger partial charge in [0.1, 0.15) is 17.2 Å². The smallest absolute Gasteiger partial charge is 0.435 e. The molecule has 1 unspecified atom stereocenters. The molecule has 0 aliphatic heterocycles. The zero-order valence-corrected chi connectivity index (χ0v) is 19.3. The van der Waals surface area contributed by atoms with Crippen molar-refractivity contribution in [3.63, 3.8) is 0 Å². The summed E-state index contributed by atoms with van der Waals surface area (Å²) in [5, 5.41) is 22.6. The minimum atomic E-state index is -4.77. The highest BCUT2D eigenvalue weighted by molar-refractivity contribution is 6.31. The topological polar surface area (TPSA) is 96.2 Å². The number of aliphatic hydroxyl groups is 2. The third kappa shape index (κ3) is 4.71. The number of benzene rings is 1. The van der Waals surface area contributed by atoms with Crippen LogP contribution in [0, 0.1) is 5.82 Å². The number of halogens is 5. The highest BCUT2D eigenvalue weighted by Gasteiger charge is 2.38. The van der Waals surface area contributed by atoms with Crippen LogP contribution in [0.5, 0.6) is 5.75 Å². The van der Waals surface area contributed by atoms with Gasteiger partial charge in [-0.2, -0.15) is 18.3 Å². The third-order valence-electron chi connectivity index (χ3n) is 5.72. The average Bonchev–Trinajstić information content (AvgIpc) is 3.44. The largest absolute Gasteiger partial charge is 0.496 e. The lowest BCUT2D eigenvalue weighted by Crippen LogP contribution is -2.20. The molecule has 4 rings (SSSR count). The van der Waals surface area contributed by atoms with Crippen LogP contribution < -0.4 is 4.74 Å². The Morgan fingerprint density at radius 1 is 1.29 bits per heavy atom. The van der Waals surface area contributed by atoms with Crippen molar-refractivity contribution in [3.8, 4) is 16.9 Å². The third-order valence-corrected chi connectivity index (χ3v) is 6.11. The van der Waals surface area contributed by atoms with Crippen molar-refractivity contribution in [3.05, 3.63) is 64.5 Å². The number of alkyl halides is 3. The first-order valence-electron chi connectivity index (χ1n) is 10.5. The first-order valence-corrected chi connectivity index (χ1v) is 10.9. The Morgan fingerprint density at radius 3 is 2.69 bits per heavy atom. The lowest BCUT2D eigenvalue weighted by Gasteiger charge is -2.17. The van der Waals surface area contributed by atoms with E-state index in [1.807, 2.05) is 0 Å². The van der Waals surface area contributed by atoms with Gasteiger partial charge in [-0.1, -0.05) is 18.5 Å². The molecule has 0 spiro atoms. The molecule has 3 N–H and O–H groups in total. The molecule has 35 heavy (non-hydrogen) atoms. The van der Waals surface area contributed by atoms with Crippen molar-refractivity contribution >= 4 is 22.6 Å². The molecular formula is C23H21ClF4N4O3. The average molecular weight is 513 g/mol. The molecule has 0 aliphatic rings. The summed E-state index contributed by atoms with van der Waals surface area (Å²) in [5.74, 6) is -0.755. The molecule has 12 heteroatoms. The van der Waals surface area contributed by atoms with Crippen LogP contribution in [-0.2, 0) is 12.7 Å². The van der Waals surface area contributed by atoms with Crippen LogP contribution in [-0.4, -0.2) is 49.8 Å². The summed E-state index contributed by atoms with van der Waals surface area (Å²) in [5.41, 5.74) is 0.180. The van der Waals surface area contributed by atoms with E-state index in [0.29, 0.717) is 27.9 Å². The Bertz CT molecular complexity index is 1370. The minimum absolute atomic E-state index is 0.113. The summed E-state index contributed by atoms with van der Waals surface area (Å²) in [6, 6.07) is 4.18. The number of H-pyrrole nitrogens is 1. The maximum absolute atomic E-state index is 14.2. The van der Waals surface area contributed by atoms with E-state index in [2.05, 4.69) is 15.1 Å². The Morgan fingerprint density at radius 2 is 2.03 bits per heavy atom. The van der Waals surface area contributed by atoms with Gasteiger partial charge in [0.2, 0.25) is 0 Å². The Hall–Kier alpha value is -3.15. The van der Waals surface area contributed by atoms with Crippen molar-refractivity contribution in [2.45, 2.75) is 31.7 Å². The first kappa shape index (κ1) is 25.0. The van der Waals surface area contributed by atoms with Gasteiger partial charge in [0.15, 0.2) is 5.69 Å². The number of aromatic amines is 1. The number of aromatic nitrogens is 4. The molecule has 186 valence electrons. The molecule has 0 radical (unpaired) electrons. The van der Waals surface area contributed by atoms with Crippen LogP contribution in [0.4, 0.5) is 17.6 Å².